The molecule has 0 bridgehead atoms. The molecule has 0 radical (unpaired) electrons. The van der Waals surface area contributed by atoms with E-state index < -0.39 is 60.4 Å². The van der Waals surface area contributed by atoms with E-state index in [-0.39, 0.29) is 19.3 Å². The zero-order valence-corrected chi connectivity index (χ0v) is 17.2. The second-order valence-electron chi connectivity index (χ2n) is 6.28. The minimum Gasteiger partial charge on any atom is -0.480 e. The fourth-order valence-corrected chi connectivity index (χ4v) is 2.56. The van der Waals surface area contributed by atoms with Gasteiger partial charge in [-0.05, 0) is 31.8 Å². The molecule has 0 aromatic heterocycles. The molecule has 0 aliphatic rings. The Morgan fingerprint density at radius 2 is 1.41 bits per heavy atom. The van der Waals surface area contributed by atoms with Crippen LogP contribution in [-0.2, 0) is 24.0 Å². The van der Waals surface area contributed by atoms with E-state index >= 15 is 0 Å². The Hall–Kier alpha value is -2.38. The molecular formula is C16H29N5O7S. The minimum atomic E-state index is -1.58. The lowest BCUT2D eigenvalue weighted by atomic mass is 10.1. The van der Waals surface area contributed by atoms with Crippen molar-refractivity contribution in [3.63, 3.8) is 0 Å². The van der Waals surface area contributed by atoms with Crippen molar-refractivity contribution in [1.82, 2.24) is 16.0 Å². The van der Waals surface area contributed by atoms with E-state index in [1.165, 1.54) is 18.7 Å². The number of aliphatic hydroxyl groups excluding tert-OH is 1. The van der Waals surface area contributed by atoms with Crippen LogP contribution in [0.25, 0.3) is 0 Å². The maximum Gasteiger partial charge on any atom is 0.328 e. The molecule has 0 spiro atoms. The number of carboxylic acid groups (broad SMARTS) is 1. The maximum absolute atomic E-state index is 12.6. The van der Waals surface area contributed by atoms with Crippen LogP contribution in [0.4, 0.5) is 0 Å². The summed E-state index contributed by atoms with van der Waals surface area (Å²) in [6.07, 6.45) is 1.62. The van der Waals surface area contributed by atoms with Crippen molar-refractivity contribution in [3.8, 4) is 0 Å². The number of nitrogens with one attached hydrogen (secondary N) is 3. The zero-order valence-electron chi connectivity index (χ0n) is 16.3. The van der Waals surface area contributed by atoms with Gasteiger partial charge < -0.3 is 37.6 Å². The molecule has 0 heterocycles. The van der Waals surface area contributed by atoms with Crippen LogP contribution in [0.3, 0.4) is 0 Å². The molecule has 0 saturated heterocycles. The van der Waals surface area contributed by atoms with Gasteiger partial charge in [0.25, 0.3) is 0 Å². The largest absolute Gasteiger partial charge is 0.480 e. The van der Waals surface area contributed by atoms with Gasteiger partial charge in [0.2, 0.25) is 23.6 Å². The molecule has 4 unspecified atom stereocenters. The summed E-state index contributed by atoms with van der Waals surface area (Å²) in [7, 11) is 0. The van der Waals surface area contributed by atoms with E-state index in [4.69, 9.17) is 21.7 Å². The number of carbonyl (C=O) groups is 5. The molecule has 0 rings (SSSR count). The first-order valence-corrected chi connectivity index (χ1v) is 10.2. The number of carbonyl (C=O) groups excluding carboxylic acids is 4. The summed E-state index contributed by atoms with van der Waals surface area (Å²) < 4.78 is 0. The summed E-state index contributed by atoms with van der Waals surface area (Å²) in [5.41, 5.74) is 10.6. The van der Waals surface area contributed by atoms with Crippen LogP contribution in [0, 0.1) is 0 Å². The van der Waals surface area contributed by atoms with Crippen LogP contribution in [0.1, 0.15) is 26.2 Å². The molecule has 4 amide bonds. The molecule has 0 aromatic carbocycles. The first kappa shape index (κ1) is 26.6. The number of amides is 4. The van der Waals surface area contributed by atoms with Crippen molar-refractivity contribution in [2.45, 2.75) is 50.4 Å². The Labute approximate surface area is 172 Å². The third-order valence-corrected chi connectivity index (χ3v) is 4.41. The number of nitrogens with two attached hydrogens (primary N) is 2. The van der Waals surface area contributed by atoms with Crippen LogP contribution in [0.2, 0.25) is 0 Å². The Bertz CT molecular complexity index is 602. The average molecular weight is 436 g/mol. The number of thioether (sulfide) groups is 1. The van der Waals surface area contributed by atoms with Crippen LogP contribution >= 0.6 is 11.8 Å². The van der Waals surface area contributed by atoms with E-state index in [1.54, 1.807) is 0 Å². The number of hydrogen-bond acceptors (Lipinski definition) is 8. The van der Waals surface area contributed by atoms with Crippen molar-refractivity contribution >= 4 is 41.4 Å². The molecule has 0 fully saturated rings. The lowest BCUT2D eigenvalue weighted by molar-refractivity contribution is -0.143. The van der Waals surface area contributed by atoms with E-state index in [0.717, 1.165) is 0 Å². The van der Waals surface area contributed by atoms with Gasteiger partial charge in [-0.1, -0.05) is 0 Å². The Morgan fingerprint density at radius 1 is 0.931 bits per heavy atom. The topological polar surface area (TPSA) is 214 Å². The predicted octanol–water partition coefficient (Wildman–Crippen LogP) is -3.12. The summed E-state index contributed by atoms with van der Waals surface area (Å²) in [5.74, 6) is -3.84. The highest BCUT2D eigenvalue weighted by Gasteiger charge is 2.29. The third kappa shape index (κ3) is 10.7. The van der Waals surface area contributed by atoms with Crippen LogP contribution in [0.15, 0.2) is 0 Å². The highest BCUT2D eigenvalue weighted by Crippen LogP contribution is 2.05. The third-order valence-electron chi connectivity index (χ3n) is 3.77. The van der Waals surface area contributed by atoms with Gasteiger partial charge in [0.1, 0.15) is 18.1 Å². The first-order chi connectivity index (χ1) is 13.5. The molecule has 0 aliphatic carbocycles. The molecule has 0 aliphatic heterocycles. The summed E-state index contributed by atoms with van der Waals surface area (Å²) in [6.45, 7) is 0.585. The van der Waals surface area contributed by atoms with Crippen molar-refractivity contribution in [1.29, 1.82) is 0 Å². The highest BCUT2D eigenvalue weighted by molar-refractivity contribution is 7.98. The monoisotopic (exact) mass is 435 g/mol. The van der Waals surface area contributed by atoms with Crippen molar-refractivity contribution in [3.05, 3.63) is 0 Å². The van der Waals surface area contributed by atoms with Crippen LogP contribution in [0.5, 0.6) is 0 Å². The number of hydrogen-bond donors (Lipinski definition) is 7. The van der Waals surface area contributed by atoms with Crippen molar-refractivity contribution in [2.24, 2.45) is 11.5 Å². The molecule has 13 heteroatoms. The van der Waals surface area contributed by atoms with Crippen LogP contribution in [-0.4, -0.2) is 82.6 Å². The smallest absolute Gasteiger partial charge is 0.328 e. The molecule has 166 valence electrons. The number of carboxylic acids is 1. The fraction of sp³-hybridized carbons (Fsp3) is 0.688. The van der Waals surface area contributed by atoms with Gasteiger partial charge in [0, 0.05) is 6.42 Å². The standard InChI is InChI=1S/C16H29N5O7S/c1-8(17)13(24)19-10(5-6-29-2)15(26)20-9(3-4-12(18)23)14(25)21-11(7-22)16(27)28/h8-11,22H,3-7,17H2,1-2H3,(H2,18,23)(H,19,24)(H,20,26)(H,21,25)(H,27,28). The molecule has 29 heavy (non-hydrogen) atoms. The maximum atomic E-state index is 12.6. The molecular weight excluding hydrogens is 406 g/mol. The minimum absolute atomic E-state index is 0.193. The zero-order chi connectivity index (χ0) is 22.6. The highest BCUT2D eigenvalue weighted by atomic mass is 32.2. The molecule has 0 aromatic rings. The molecule has 12 nitrogen and oxygen atoms in total. The van der Waals surface area contributed by atoms with Crippen molar-refractivity contribution in [2.75, 3.05) is 18.6 Å². The SMILES string of the molecule is CSCCC(NC(=O)C(C)N)C(=O)NC(CCC(N)=O)C(=O)NC(CO)C(=O)O. The van der Waals surface area contributed by atoms with Gasteiger partial charge in [0.15, 0.2) is 0 Å². The number of rotatable bonds is 14. The summed E-state index contributed by atoms with van der Waals surface area (Å²) in [6, 6.07) is -4.72. The van der Waals surface area contributed by atoms with Gasteiger partial charge in [-0.2, -0.15) is 11.8 Å². The Kier molecular flexibility index (Phi) is 12.6. The number of primary amides is 1. The van der Waals surface area contributed by atoms with Gasteiger partial charge in [-0.15, -0.1) is 0 Å². The van der Waals surface area contributed by atoms with Gasteiger partial charge in [-0.3, -0.25) is 19.2 Å². The van der Waals surface area contributed by atoms with Gasteiger partial charge in [-0.25, -0.2) is 4.79 Å². The molecule has 9 N–H and O–H groups in total. The average Bonchev–Trinajstić information content (AvgIpc) is 2.64. The number of aliphatic carboxylic acids is 1. The summed E-state index contributed by atoms with van der Waals surface area (Å²) >= 11 is 1.44. The lowest BCUT2D eigenvalue weighted by Crippen LogP contribution is -2.57. The van der Waals surface area contributed by atoms with E-state index in [9.17, 15) is 24.0 Å². The molecule has 4 atom stereocenters. The van der Waals surface area contributed by atoms with Gasteiger partial charge >= 0.3 is 5.97 Å². The van der Waals surface area contributed by atoms with E-state index in [1.807, 2.05) is 6.26 Å². The molecule has 0 saturated carbocycles. The quantitative estimate of drug-likeness (QED) is 0.147. The summed E-state index contributed by atoms with van der Waals surface area (Å²) in [4.78, 5) is 58.9. The Morgan fingerprint density at radius 3 is 1.83 bits per heavy atom. The fourth-order valence-electron chi connectivity index (χ4n) is 2.09. The normalized spacial score (nSPS) is 14.8. The Balaban J connectivity index is 5.34. The van der Waals surface area contributed by atoms with E-state index in [2.05, 4.69) is 16.0 Å². The predicted molar refractivity (Wildman–Crippen MR) is 106 cm³/mol. The summed E-state index contributed by atoms with van der Waals surface area (Å²) in [5, 5.41) is 24.9. The van der Waals surface area contributed by atoms with Gasteiger partial charge in [0.05, 0.1) is 12.6 Å². The van der Waals surface area contributed by atoms with Crippen molar-refractivity contribution < 1.29 is 34.2 Å². The first-order valence-electron chi connectivity index (χ1n) is 8.81. The second kappa shape index (κ2) is 13.7. The number of aliphatic hydroxyl groups is 1. The van der Waals surface area contributed by atoms with Crippen LogP contribution < -0.4 is 27.4 Å². The van der Waals surface area contributed by atoms with E-state index in [0.29, 0.717) is 5.75 Å². The lowest BCUT2D eigenvalue weighted by Gasteiger charge is -2.24. The second-order valence-corrected chi connectivity index (χ2v) is 7.27.